The molecule has 0 bridgehead atoms. The Balaban J connectivity index is 1.43. The molecule has 7 nitrogen and oxygen atoms in total. The summed E-state index contributed by atoms with van der Waals surface area (Å²) >= 11 is 0. The topological polar surface area (TPSA) is 79.3 Å². The first-order valence-corrected chi connectivity index (χ1v) is 9.73. The molecule has 0 amide bonds. The summed E-state index contributed by atoms with van der Waals surface area (Å²) in [5, 5.41) is 24.5. The highest BCUT2D eigenvalue weighted by Crippen LogP contribution is 2.42. The smallest absolute Gasteiger partial charge is 0.206 e. The lowest BCUT2D eigenvalue weighted by molar-refractivity contribution is 0.0306. The number of nitrogens with zero attached hydrogens (tertiary/aromatic N) is 5. The van der Waals surface area contributed by atoms with Crippen LogP contribution >= 0.6 is 0 Å². The molecule has 3 aromatic rings. The van der Waals surface area contributed by atoms with Crippen molar-refractivity contribution in [1.29, 1.82) is 0 Å². The van der Waals surface area contributed by atoms with Gasteiger partial charge in [0.25, 0.3) is 0 Å². The molecule has 7 heteroatoms. The van der Waals surface area contributed by atoms with Gasteiger partial charge < -0.3 is 19.7 Å². The van der Waals surface area contributed by atoms with Crippen molar-refractivity contribution in [2.45, 2.75) is 31.5 Å². The third-order valence-electron chi connectivity index (χ3n) is 6.21. The molecule has 1 aliphatic heterocycles. The maximum Gasteiger partial charge on any atom is 0.206 e. The Morgan fingerprint density at radius 3 is 2.67 bits per heavy atom. The number of anilines is 1. The lowest BCUT2D eigenvalue weighted by atomic mass is 9.77. The average molecular weight is 367 g/mol. The molecule has 0 spiro atoms. The Morgan fingerprint density at radius 2 is 1.89 bits per heavy atom. The maximum absolute atomic E-state index is 10.7. The lowest BCUT2D eigenvalue weighted by Crippen LogP contribution is -2.36. The number of benzene rings is 1. The molecule has 2 aromatic heterocycles. The second kappa shape index (κ2) is 6.65. The number of rotatable bonds is 4. The molecule has 2 aliphatic rings. The zero-order chi connectivity index (χ0) is 18.4. The summed E-state index contributed by atoms with van der Waals surface area (Å²) in [6.45, 7) is 2.47. The van der Waals surface area contributed by atoms with E-state index in [-0.39, 0.29) is 18.8 Å². The van der Waals surface area contributed by atoms with Gasteiger partial charge in [0, 0.05) is 32.0 Å². The van der Waals surface area contributed by atoms with Crippen LogP contribution in [0.2, 0.25) is 0 Å². The molecule has 2 N–H and O–H groups in total. The van der Waals surface area contributed by atoms with Gasteiger partial charge in [0.2, 0.25) is 5.95 Å². The average Bonchev–Trinajstić information content (AvgIpc) is 3.39. The van der Waals surface area contributed by atoms with Crippen LogP contribution in [0.3, 0.4) is 0 Å². The van der Waals surface area contributed by atoms with Crippen molar-refractivity contribution in [2.24, 2.45) is 11.8 Å². The molecular formula is C20H25N5O2. The van der Waals surface area contributed by atoms with Crippen LogP contribution in [0.5, 0.6) is 0 Å². The fraction of sp³-hybridized carbons (Fsp3) is 0.500. The van der Waals surface area contributed by atoms with Crippen LogP contribution in [0.25, 0.3) is 11.0 Å². The number of hydrogen-bond donors (Lipinski definition) is 2. The molecular weight excluding hydrogens is 342 g/mol. The van der Waals surface area contributed by atoms with Gasteiger partial charge >= 0.3 is 0 Å². The van der Waals surface area contributed by atoms with E-state index < -0.39 is 0 Å². The van der Waals surface area contributed by atoms with E-state index >= 15 is 0 Å². The summed E-state index contributed by atoms with van der Waals surface area (Å²) in [4.78, 5) is 7.19. The molecule has 1 saturated heterocycles. The molecule has 142 valence electrons. The minimum Gasteiger partial charge on any atom is -0.395 e. The molecule has 1 aromatic carbocycles. The van der Waals surface area contributed by atoms with Crippen LogP contribution in [0.1, 0.15) is 18.9 Å². The van der Waals surface area contributed by atoms with Crippen molar-refractivity contribution in [3.8, 4) is 0 Å². The number of imidazole rings is 1. The third-order valence-corrected chi connectivity index (χ3v) is 6.21. The van der Waals surface area contributed by atoms with E-state index in [9.17, 15) is 10.2 Å². The lowest BCUT2D eigenvalue weighted by Gasteiger charge is -2.35. The highest BCUT2D eigenvalue weighted by atomic mass is 16.3. The van der Waals surface area contributed by atoms with Gasteiger partial charge in [-0.15, -0.1) is 0 Å². The van der Waals surface area contributed by atoms with Crippen molar-refractivity contribution in [3.63, 3.8) is 0 Å². The van der Waals surface area contributed by atoms with E-state index in [4.69, 9.17) is 4.98 Å². The number of para-hydroxylation sites is 2. The van der Waals surface area contributed by atoms with Crippen molar-refractivity contribution in [2.75, 3.05) is 24.6 Å². The SMILES string of the molecule is OCCn1c(N2C[C@H]3C[C@@H](n4cccn4)[C@H](O)C[C@H]3C2)nc2ccccc21. The minimum atomic E-state index is -0.359. The molecule has 0 radical (unpaired) electrons. The van der Waals surface area contributed by atoms with Gasteiger partial charge in [-0.2, -0.15) is 5.10 Å². The van der Waals surface area contributed by atoms with Crippen LogP contribution in [0.15, 0.2) is 42.7 Å². The van der Waals surface area contributed by atoms with E-state index in [2.05, 4.69) is 20.6 Å². The Labute approximate surface area is 157 Å². The fourth-order valence-electron chi connectivity index (χ4n) is 4.96. The largest absolute Gasteiger partial charge is 0.395 e. The van der Waals surface area contributed by atoms with Gasteiger partial charge in [-0.05, 0) is 42.9 Å². The van der Waals surface area contributed by atoms with Crippen LogP contribution in [-0.2, 0) is 6.54 Å². The predicted molar refractivity (Wildman–Crippen MR) is 103 cm³/mol. The zero-order valence-electron chi connectivity index (χ0n) is 15.2. The van der Waals surface area contributed by atoms with Crippen molar-refractivity contribution in [1.82, 2.24) is 19.3 Å². The zero-order valence-corrected chi connectivity index (χ0v) is 15.2. The molecule has 0 unspecified atom stereocenters. The van der Waals surface area contributed by atoms with Gasteiger partial charge in [0.05, 0.1) is 29.8 Å². The van der Waals surface area contributed by atoms with Gasteiger partial charge in [-0.3, -0.25) is 4.68 Å². The fourth-order valence-corrected chi connectivity index (χ4v) is 4.96. The number of aliphatic hydroxyl groups is 2. The molecule has 3 heterocycles. The molecule has 27 heavy (non-hydrogen) atoms. The maximum atomic E-state index is 10.7. The summed E-state index contributed by atoms with van der Waals surface area (Å²) < 4.78 is 4.03. The van der Waals surface area contributed by atoms with Crippen molar-refractivity contribution >= 4 is 17.0 Å². The van der Waals surface area contributed by atoms with Gasteiger partial charge in [0.15, 0.2) is 0 Å². The Morgan fingerprint density at radius 1 is 1.07 bits per heavy atom. The third kappa shape index (κ3) is 2.82. The second-order valence-electron chi connectivity index (χ2n) is 7.79. The quantitative estimate of drug-likeness (QED) is 0.733. The summed E-state index contributed by atoms with van der Waals surface area (Å²) in [5.74, 6) is 1.92. The monoisotopic (exact) mass is 367 g/mol. The number of fused-ring (bicyclic) bond motifs is 2. The van der Waals surface area contributed by atoms with E-state index in [1.165, 1.54) is 0 Å². The van der Waals surface area contributed by atoms with Crippen molar-refractivity contribution < 1.29 is 10.2 Å². The number of hydrogen-bond acceptors (Lipinski definition) is 5. The number of aromatic nitrogens is 4. The van der Waals surface area contributed by atoms with Gasteiger partial charge in [-0.25, -0.2) is 4.98 Å². The van der Waals surface area contributed by atoms with Crippen LogP contribution < -0.4 is 4.90 Å². The summed E-state index contributed by atoms with van der Waals surface area (Å²) in [6, 6.07) is 10.1. The highest BCUT2D eigenvalue weighted by molar-refractivity contribution is 5.78. The van der Waals surface area contributed by atoms with Crippen LogP contribution in [-0.4, -0.2) is 55.3 Å². The molecule has 1 aliphatic carbocycles. The Bertz CT molecular complexity index is 922. The molecule has 4 atom stereocenters. The van der Waals surface area contributed by atoms with E-state index in [1.807, 2.05) is 35.1 Å². The first kappa shape index (κ1) is 16.8. The molecule has 1 saturated carbocycles. The number of aliphatic hydroxyl groups excluding tert-OH is 2. The first-order valence-electron chi connectivity index (χ1n) is 9.73. The normalized spacial score (nSPS) is 28.0. The summed E-state index contributed by atoms with van der Waals surface area (Å²) in [5.41, 5.74) is 2.02. The van der Waals surface area contributed by atoms with Crippen LogP contribution in [0.4, 0.5) is 5.95 Å². The van der Waals surface area contributed by atoms with Crippen LogP contribution in [0, 0.1) is 11.8 Å². The van der Waals surface area contributed by atoms with E-state index in [1.54, 1.807) is 6.20 Å². The Hall–Kier alpha value is -2.38. The second-order valence-corrected chi connectivity index (χ2v) is 7.79. The first-order chi connectivity index (χ1) is 13.2. The standard InChI is InChI=1S/C20H25N5O2/c26-9-8-24-17-5-2-1-4-16(17)22-20(24)23-12-14-10-18(25-7-3-6-21-25)19(27)11-15(14)13-23/h1-7,14-15,18-19,26-27H,8-13H2/t14-,15+,18-,19-/m1/s1. The molecule has 2 fully saturated rings. The minimum absolute atomic E-state index is 0.0532. The molecule has 5 rings (SSSR count). The van der Waals surface area contributed by atoms with Gasteiger partial charge in [0.1, 0.15) is 0 Å². The van der Waals surface area contributed by atoms with E-state index in [0.717, 1.165) is 42.9 Å². The summed E-state index contributed by atoms with van der Waals surface area (Å²) in [6.07, 6.45) is 5.09. The summed E-state index contributed by atoms with van der Waals surface area (Å²) in [7, 11) is 0. The predicted octanol–water partition coefficient (Wildman–Crippen LogP) is 1.67. The Kier molecular flexibility index (Phi) is 4.13. The van der Waals surface area contributed by atoms with Crippen molar-refractivity contribution in [3.05, 3.63) is 42.7 Å². The van der Waals surface area contributed by atoms with E-state index in [0.29, 0.717) is 18.4 Å². The highest BCUT2D eigenvalue weighted by Gasteiger charge is 2.43. The van der Waals surface area contributed by atoms with Gasteiger partial charge in [-0.1, -0.05) is 12.1 Å².